The first-order valence-electron chi connectivity index (χ1n) is 6.73. The third-order valence-electron chi connectivity index (χ3n) is 3.36. The van der Waals surface area contributed by atoms with Crippen molar-refractivity contribution in [3.8, 4) is 0 Å². The molecule has 0 unspecified atom stereocenters. The van der Waals surface area contributed by atoms with Gasteiger partial charge in [0, 0.05) is 38.7 Å². The quantitative estimate of drug-likeness (QED) is 0.826. The standard InChI is InChI=1S/C13H23N3O/c1-2-3-7-16-8-6-14-13(16)15-11-12-4-9-17-10-5-12/h6,8,12H,2-5,7,9-11H2,1H3,(H,14,15). The van der Waals surface area contributed by atoms with E-state index in [0.29, 0.717) is 0 Å². The van der Waals surface area contributed by atoms with E-state index in [1.165, 1.54) is 25.7 Å². The van der Waals surface area contributed by atoms with Crippen LogP contribution < -0.4 is 5.32 Å². The fourth-order valence-corrected chi connectivity index (χ4v) is 2.17. The Morgan fingerprint density at radius 3 is 3.06 bits per heavy atom. The van der Waals surface area contributed by atoms with Crippen LogP contribution in [0, 0.1) is 5.92 Å². The van der Waals surface area contributed by atoms with E-state index < -0.39 is 0 Å². The summed E-state index contributed by atoms with van der Waals surface area (Å²) in [4.78, 5) is 4.37. The van der Waals surface area contributed by atoms with Gasteiger partial charge in [-0.1, -0.05) is 13.3 Å². The Hall–Kier alpha value is -1.03. The highest BCUT2D eigenvalue weighted by Crippen LogP contribution is 2.15. The van der Waals surface area contributed by atoms with Gasteiger partial charge in [-0.25, -0.2) is 4.98 Å². The van der Waals surface area contributed by atoms with Crippen molar-refractivity contribution in [2.75, 3.05) is 25.1 Å². The monoisotopic (exact) mass is 237 g/mol. The van der Waals surface area contributed by atoms with Gasteiger partial charge in [0.25, 0.3) is 0 Å². The van der Waals surface area contributed by atoms with Crippen LogP contribution in [0.4, 0.5) is 5.95 Å². The zero-order valence-electron chi connectivity index (χ0n) is 10.7. The van der Waals surface area contributed by atoms with Crippen molar-refractivity contribution in [3.63, 3.8) is 0 Å². The Kier molecular flexibility index (Phi) is 4.86. The molecule has 0 saturated carbocycles. The highest BCUT2D eigenvalue weighted by Gasteiger charge is 2.14. The number of rotatable bonds is 6. The lowest BCUT2D eigenvalue weighted by atomic mass is 10.0. The van der Waals surface area contributed by atoms with Crippen molar-refractivity contribution in [1.82, 2.24) is 9.55 Å². The lowest BCUT2D eigenvalue weighted by Crippen LogP contribution is -2.23. The van der Waals surface area contributed by atoms with E-state index in [1.807, 2.05) is 6.20 Å². The molecule has 2 heterocycles. The summed E-state index contributed by atoms with van der Waals surface area (Å²) in [6.07, 6.45) is 8.70. The van der Waals surface area contributed by atoms with E-state index in [4.69, 9.17) is 4.74 Å². The Labute approximate surface area is 103 Å². The summed E-state index contributed by atoms with van der Waals surface area (Å²) in [5.41, 5.74) is 0. The second-order valence-electron chi connectivity index (χ2n) is 4.73. The van der Waals surface area contributed by atoms with E-state index in [9.17, 15) is 0 Å². The van der Waals surface area contributed by atoms with Crippen molar-refractivity contribution in [2.24, 2.45) is 5.92 Å². The fraction of sp³-hybridized carbons (Fsp3) is 0.769. The maximum Gasteiger partial charge on any atom is 0.202 e. The van der Waals surface area contributed by atoms with Crippen LogP contribution in [0.2, 0.25) is 0 Å². The van der Waals surface area contributed by atoms with Gasteiger partial charge in [-0.05, 0) is 25.2 Å². The normalized spacial score (nSPS) is 17.2. The first kappa shape index (κ1) is 12.4. The van der Waals surface area contributed by atoms with E-state index in [0.717, 1.165) is 38.2 Å². The van der Waals surface area contributed by atoms with Gasteiger partial charge in [-0.15, -0.1) is 0 Å². The summed E-state index contributed by atoms with van der Waals surface area (Å²) in [6.45, 7) is 6.12. The minimum Gasteiger partial charge on any atom is -0.381 e. The van der Waals surface area contributed by atoms with Crippen LogP contribution in [0.5, 0.6) is 0 Å². The largest absolute Gasteiger partial charge is 0.381 e. The molecule has 2 rings (SSSR count). The van der Waals surface area contributed by atoms with Gasteiger partial charge in [0.15, 0.2) is 0 Å². The minimum atomic E-state index is 0.736. The number of nitrogens with one attached hydrogen (secondary N) is 1. The molecule has 0 aromatic carbocycles. The molecule has 1 N–H and O–H groups in total. The first-order chi connectivity index (χ1) is 8.40. The number of hydrogen-bond acceptors (Lipinski definition) is 3. The van der Waals surface area contributed by atoms with E-state index in [1.54, 1.807) is 0 Å². The summed E-state index contributed by atoms with van der Waals surface area (Å²) in [7, 11) is 0. The lowest BCUT2D eigenvalue weighted by molar-refractivity contribution is 0.0699. The molecular formula is C13H23N3O. The molecule has 4 heteroatoms. The van der Waals surface area contributed by atoms with Crippen LogP contribution in [-0.2, 0) is 11.3 Å². The predicted molar refractivity (Wildman–Crippen MR) is 69.2 cm³/mol. The van der Waals surface area contributed by atoms with E-state index >= 15 is 0 Å². The second kappa shape index (κ2) is 6.64. The highest BCUT2D eigenvalue weighted by atomic mass is 16.5. The Morgan fingerprint density at radius 1 is 1.47 bits per heavy atom. The van der Waals surface area contributed by atoms with Crippen LogP contribution in [0.1, 0.15) is 32.6 Å². The first-order valence-corrected chi connectivity index (χ1v) is 6.73. The predicted octanol–water partition coefficient (Wildman–Crippen LogP) is 2.52. The molecule has 0 bridgehead atoms. The lowest BCUT2D eigenvalue weighted by Gasteiger charge is -2.22. The summed E-state index contributed by atoms with van der Waals surface area (Å²) < 4.78 is 7.58. The number of aryl methyl sites for hydroxylation is 1. The zero-order chi connectivity index (χ0) is 11.9. The van der Waals surface area contributed by atoms with Crippen LogP contribution in [0.15, 0.2) is 12.4 Å². The molecular weight excluding hydrogens is 214 g/mol. The Bertz CT molecular complexity index is 318. The van der Waals surface area contributed by atoms with Crippen molar-refractivity contribution in [3.05, 3.63) is 12.4 Å². The number of hydrogen-bond donors (Lipinski definition) is 1. The molecule has 17 heavy (non-hydrogen) atoms. The van der Waals surface area contributed by atoms with Crippen LogP contribution in [-0.4, -0.2) is 29.3 Å². The van der Waals surface area contributed by atoms with Gasteiger partial charge in [0.1, 0.15) is 0 Å². The summed E-state index contributed by atoms with van der Waals surface area (Å²) in [6, 6.07) is 0. The Balaban J connectivity index is 1.79. The molecule has 0 spiro atoms. The smallest absolute Gasteiger partial charge is 0.202 e. The number of unbranched alkanes of at least 4 members (excludes halogenated alkanes) is 1. The molecule has 0 radical (unpaired) electrons. The number of nitrogens with zero attached hydrogens (tertiary/aromatic N) is 2. The maximum absolute atomic E-state index is 5.36. The summed E-state index contributed by atoms with van der Waals surface area (Å²) in [5, 5.41) is 3.47. The average Bonchev–Trinajstić information content (AvgIpc) is 2.82. The number of ether oxygens (including phenoxy) is 1. The number of anilines is 1. The molecule has 1 aromatic heterocycles. The SMILES string of the molecule is CCCCn1ccnc1NCC1CCOCC1. The maximum atomic E-state index is 5.36. The fourth-order valence-electron chi connectivity index (χ4n) is 2.17. The van der Waals surface area contributed by atoms with Crippen molar-refractivity contribution in [1.29, 1.82) is 0 Å². The second-order valence-corrected chi connectivity index (χ2v) is 4.73. The molecule has 4 nitrogen and oxygen atoms in total. The topological polar surface area (TPSA) is 39.1 Å². The molecule has 1 aliphatic rings. The van der Waals surface area contributed by atoms with Gasteiger partial charge in [-0.2, -0.15) is 0 Å². The van der Waals surface area contributed by atoms with Gasteiger partial charge in [0.05, 0.1) is 0 Å². The summed E-state index contributed by atoms with van der Waals surface area (Å²) in [5.74, 6) is 1.75. The molecule has 1 fully saturated rings. The molecule has 1 aliphatic heterocycles. The van der Waals surface area contributed by atoms with Gasteiger partial charge < -0.3 is 14.6 Å². The molecule has 0 amide bonds. The molecule has 1 aromatic rings. The van der Waals surface area contributed by atoms with Crippen LogP contribution in [0.3, 0.4) is 0 Å². The van der Waals surface area contributed by atoms with Gasteiger partial charge in [0.2, 0.25) is 5.95 Å². The third kappa shape index (κ3) is 3.73. The van der Waals surface area contributed by atoms with Crippen molar-refractivity contribution in [2.45, 2.75) is 39.2 Å². The number of imidazole rings is 1. The minimum absolute atomic E-state index is 0.736. The van der Waals surface area contributed by atoms with Crippen LogP contribution in [0.25, 0.3) is 0 Å². The Morgan fingerprint density at radius 2 is 2.29 bits per heavy atom. The van der Waals surface area contributed by atoms with E-state index in [2.05, 4.69) is 28.0 Å². The molecule has 1 saturated heterocycles. The van der Waals surface area contributed by atoms with Gasteiger partial charge in [-0.3, -0.25) is 0 Å². The average molecular weight is 237 g/mol. The number of aromatic nitrogens is 2. The zero-order valence-corrected chi connectivity index (χ0v) is 10.7. The van der Waals surface area contributed by atoms with Crippen molar-refractivity contribution < 1.29 is 4.74 Å². The van der Waals surface area contributed by atoms with Gasteiger partial charge >= 0.3 is 0 Å². The molecule has 0 atom stereocenters. The third-order valence-corrected chi connectivity index (χ3v) is 3.36. The van der Waals surface area contributed by atoms with Crippen LogP contribution >= 0.6 is 0 Å². The molecule has 96 valence electrons. The molecule has 0 aliphatic carbocycles. The highest BCUT2D eigenvalue weighted by molar-refractivity contribution is 5.25. The summed E-state index contributed by atoms with van der Waals surface area (Å²) >= 11 is 0. The van der Waals surface area contributed by atoms with E-state index in [-0.39, 0.29) is 0 Å². The van der Waals surface area contributed by atoms with Crippen molar-refractivity contribution >= 4 is 5.95 Å².